The van der Waals surface area contributed by atoms with Crippen LogP contribution >= 0.6 is 11.3 Å². The fourth-order valence-electron chi connectivity index (χ4n) is 3.91. The highest BCUT2D eigenvalue weighted by atomic mass is 32.1. The van der Waals surface area contributed by atoms with Gasteiger partial charge < -0.3 is 19.8 Å². The summed E-state index contributed by atoms with van der Waals surface area (Å²) in [7, 11) is 0. The van der Waals surface area contributed by atoms with Crippen molar-refractivity contribution in [1.29, 1.82) is 0 Å². The van der Waals surface area contributed by atoms with Gasteiger partial charge in [0.2, 0.25) is 0 Å². The second-order valence-electron chi connectivity index (χ2n) is 8.79. The van der Waals surface area contributed by atoms with Gasteiger partial charge in [0.15, 0.2) is 0 Å². The number of halogens is 4. The maximum absolute atomic E-state index is 15.1. The normalized spacial score (nSPS) is 11.3. The Hall–Kier alpha value is -4.12. The molecule has 0 aliphatic heterocycles. The van der Waals surface area contributed by atoms with Gasteiger partial charge in [-0.25, -0.2) is 4.39 Å². The first-order valence-corrected chi connectivity index (χ1v) is 13.4. The Balaban J connectivity index is 1.70. The summed E-state index contributed by atoms with van der Waals surface area (Å²) < 4.78 is 61.9. The molecule has 0 aliphatic rings. The number of aromatic nitrogens is 1. The second kappa shape index (κ2) is 12.4. The van der Waals surface area contributed by atoms with Crippen molar-refractivity contribution in [2.24, 2.45) is 0 Å². The largest absolute Gasteiger partial charge is 0.573 e. The van der Waals surface area contributed by atoms with E-state index < -0.39 is 29.4 Å². The zero-order valence-corrected chi connectivity index (χ0v) is 22.5. The quantitative estimate of drug-likeness (QED) is 0.150. The first kappa shape index (κ1) is 28.9. The molecule has 0 unspecified atom stereocenters. The fraction of sp³-hybridized carbons (Fsp3) is 0.241. The number of amides is 1. The third-order valence-corrected chi connectivity index (χ3v) is 7.14. The number of aromatic amines is 1. The second-order valence-corrected chi connectivity index (χ2v) is 9.96. The molecule has 11 heteroatoms. The molecule has 4 aromatic rings. The van der Waals surface area contributed by atoms with Crippen molar-refractivity contribution in [3.05, 3.63) is 87.3 Å². The van der Waals surface area contributed by atoms with Crippen molar-refractivity contribution in [3.8, 4) is 33.2 Å². The van der Waals surface area contributed by atoms with Crippen molar-refractivity contribution in [1.82, 2.24) is 4.98 Å². The van der Waals surface area contributed by atoms with Gasteiger partial charge in [-0.2, -0.15) is 0 Å². The van der Waals surface area contributed by atoms with Crippen LogP contribution in [-0.4, -0.2) is 23.9 Å². The van der Waals surface area contributed by atoms with E-state index in [0.717, 1.165) is 36.3 Å². The average molecular weight is 575 g/mol. The van der Waals surface area contributed by atoms with Gasteiger partial charge in [0.25, 0.3) is 11.5 Å². The molecule has 6 nitrogen and oxygen atoms in total. The highest BCUT2D eigenvalue weighted by molar-refractivity contribution is 7.15. The molecule has 2 heterocycles. The summed E-state index contributed by atoms with van der Waals surface area (Å²) in [6.07, 6.45) is -2.35. The number of rotatable bonds is 10. The Labute approximate surface area is 231 Å². The minimum absolute atomic E-state index is 0.126. The molecule has 40 heavy (non-hydrogen) atoms. The third-order valence-electron chi connectivity index (χ3n) is 5.88. The number of nitrogens with one attached hydrogen (secondary N) is 2. The number of carbonyl (C=O) groups is 1. The van der Waals surface area contributed by atoms with Gasteiger partial charge in [-0.1, -0.05) is 20.3 Å². The molecule has 2 aromatic carbocycles. The number of thiophene rings is 1. The van der Waals surface area contributed by atoms with Crippen molar-refractivity contribution >= 4 is 22.9 Å². The van der Waals surface area contributed by atoms with Gasteiger partial charge in [-0.3, -0.25) is 9.59 Å². The molecule has 0 spiro atoms. The molecular weight excluding hydrogens is 548 g/mol. The van der Waals surface area contributed by atoms with Gasteiger partial charge in [-0.05, 0) is 67.4 Å². The van der Waals surface area contributed by atoms with Crippen LogP contribution in [0.2, 0.25) is 0 Å². The molecule has 0 aliphatic carbocycles. The summed E-state index contributed by atoms with van der Waals surface area (Å²) in [6, 6.07) is 14.1. The molecule has 0 saturated heterocycles. The number of hydrogen-bond acceptors (Lipinski definition) is 5. The molecule has 0 fully saturated rings. The van der Waals surface area contributed by atoms with Crippen LogP contribution in [0.5, 0.6) is 11.5 Å². The lowest BCUT2D eigenvalue weighted by Crippen LogP contribution is -2.25. The van der Waals surface area contributed by atoms with Crippen LogP contribution in [0.3, 0.4) is 0 Å². The van der Waals surface area contributed by atoms with Gasteiger partial charge in [0.05, 0.1) is 12.3 Å². The van der Waals surface area contributed by atoms with E-state index in [9.17, 15) is 22.8 Å². The number of carbonyl (C=O) groups excluding carboxylic acids is 1. The Morgan fingerprint density at radius 2 is 1.70 bits per heavy atom. The zero-order chi connectivity index (χ0) is 28.9. The van der Waals surface area contributed by atoms with Crippen LogP contribution in [0.15, 0.2) is 65.5 Å². The van der Waals surface area contributed by atoms with Crippen LogP contribution in [0.1, 0.15) is 41.9 Å². The van der Waals surface area contributed by atoms with Crippen LogP contribution in [0.25, 0.3) is 21.7 Å². The predicted octanol–water partition coefficient (Wildman–Crippen LogP) is 7.80. The van der Waals surface area contributed by atoms with Crippen LogP contribution in [-0.2, 0) is 6.42 Å². The maximum Gasteiger partial charge on any atom is 0.573 e. The molecule has 210 valence electrons. The molecular formula is C29H26F4N2O4S. The lowest BCUT2D eigenvalue weighted by Gasteiger charge is -2.13. The number of pyridine rings is 1. The lowest BCUT2D eigenvalue weighted by atomic mass is 10.0. The van der Waals surface area contributed by atoms with Gasteiger partial charge in [0.1, 0.15) is 22.9 Å². The van der Waals surface area contributed by atoms with Crippen molar-refractivity contribution in [3.63, 3.8) is 0 Å². The number of benzene rings is 2. The summed E-state index contributed by atoms with van der Waals surface area (Å²) >= 11 is 1.39. The van der Waals surface area contributed by atoms with E-state index in [1.165, 1.54) is 41.7 Å². The van der Waals surface area contributed by atoms with Crippen LogP contribution in [0.4, 0.5) is 23.2 Å². The Morgan fingerprint density at radius 3 is 2.33 bits per heavy atom. The number of hydrogen-bond donors (Lipinski definition) is 2. The summed E-state index contributed by atoms with van der Waals surface area (Å²) in [4.78, 5) is 30.8. The topological polar surface area (TPSA) is 80.4 Å². The molecule has 4 rings (SSSR count). The van der Waals surface area contributed by atoms with E-state index in [1.54, 1.807) is 12.1 Å². The number of aryl methyl sites for hydroxylation is 1. The SMILES string of the molecule is CCCCOc1ccc(-c2cc(-c3ccc(CC)s3)c(C(=O)Nc3ccc(OC(F)(F)F)cc3)c(=O)[nH]2)c(F)c1. The summed E-state index contributed by atoms with van der Waals surface area (Å²) in [5.74, 6) is -1.47. The van der Waals surface area contributed by atoms with E-state index in [4.69, 9.17) is 4.74 Å². The minimum atomic E-state index is -4.85. The zero-order valence-electron chi connectivity index (χ0n) is 21.7. The lowest BCUT2D eigenvalue weighted by molar-refractivity contribution is -0.274. The Kier molecular flexibility index (Phi) is 8.93. The van der Waals surface area contributed by atoms with E-state index in [2.05, 4.69) is 15.0 Å². The van der Waals surface area contributed by atoms with Gasteiger partial charge in [0, 0.05) is 32.6 Å². The molecule has 2 N–H and O–H groups in total. The first-order chi connectivity index (χ1) is 19.1. The number of alkyl halides is 3. The van der Waals surface area contributed by atoms with Crippen molar-refractivity contribution in [2.75, 3.05) is 11.9 Å². The van der Waals surface area contributed by atoms with E-state index >= 15 is 4.39 Å². The number of ether oxygens (including phenoxy) is 2. The Morgan fingerprint density at radius 1 is 0.975 bits per heavy atom. The molecule has 1 amide bonds. The highest BCUT2D eigenvalue weighted by Crippen LogP contribution is 2.34. The van der Waals surface area contributed by atoms with E-state index in [1.807, 2.05) is 19.9 Å². The van der Waals surface area contributed by atoms with Gasteiger partial charge in [-0.15, -0.1) is 24.5 Å². The third kappa shape index (κ3) is 7.09. The number of H-pyrrole nitrogens is 1. The van der Waals surface area contributed by atoms with E-state index in [-0.39, 0.29) is 22.5 Å². The van der Waals surface area contributed by atoms with Crippen molar-refractivity contribution < 1.29 is 31.8 Å². The molecule has 0 radical (unpaired) electrons. The molecule has 0 saturated carbocycles. The number of unbranched alkanes of at least 4 members (excludes halogenated alkanes) is 1. The predicted molar refractivity (Wildman–Crippen MR) is 147 cm³/mol. The average Bonchev–Trinajstić information content (AvgIpc) is 3.38. The molecule has 0 bridgehead atoms. The van der Waals surface area contributed by atoms with E-state index in [0.29, 0.717) is 22.8 Å². The monoisotopic (exact) mass is 574 g/mol. The summed E-state index contributed by atoms with van der Waals surface area (Å²) in [6.45, 7) is 4.44. The fourth-order valence-corrected chi connectivity index (χ4v) is 4.88. The number of anilines is 1. The standard InChI is InChI=1S/C29H26F4N2O4S/c1-3-5-14-38-19-10-12-21(23(30)15-19)24-16-22(25-13-11-20(4-2)40-25)26(28(37)35-24)27(36)34-17-6-8-18(9-7-17)39-29(31,32)33/h6-13,15-16H,3-5,14H2,1-2H3,(H,34,36)(H,35,37). The summed E-state index contributed by atoms with van der Waals surface area (Å²) in [5, 5.41) is 2.54. The molecule has 0 atom stereocenters. The Bertz CT molecular complexity index is 1550. The highest BCUT2D eigenvalue weighted by Gasteiger charge is 2.31. The van der Waals surface area contributed by atoms with Crippen LogP contribution < -0.4 is 20.3 Å². The molecule has 2 aromatic heterocycles. The van der Waals surface area contributed by atoms with Crippen molar-refractivity contribution in [2.45, 2.75) is 39.5 Å². The maximum atomic E-state index is 15.1. The van der Waals surface area contributed by atoms with Crippen LogP contribution in [0, 0.1) is 5.82 Å². The minimum Gasteiger partial charge on any atom is -0.493 e. The first-order valence-electron chi connectivity index (χ1n) is 12.5. The van der Waals surface area contributed by atoms with Gasteiger partial charge >= 0.3 is 6.36 Å². The smallest absolute Gasteiger partial charge is 0.493 e. The summed E-state index contributed by atoms with van der Waals surface area (Å²) in [5.41, 5.74) is -0.227.